The van der Waals surface area contributed by atoms with Crippen molar-refractivity contribution in [2.75, 3.05) is 6.61 Å². The van der Waals surface area contributed by atoms with Gasteiger partial charge in [0.1, 0.15) is 5.75 Å². The van der Waals surface area contributed by atoms with Crippen molar-refractivity contribution in [1.82, 2.24) is 9.78 Å². The van der Waals surface area contributed by atoms with Gasteiger partial charge in [-0.2, -0.15) is 0 Å². The Hall–Kier alpha value is -3.08. The predicted octanol–water partition coefficient (Wildman–Crippen LogP) is 4.66. The van der Waals surface area contributed by atoms with E-state index in [0.717, 1.165) is 35.7 Å². The van der Waals surface area contributed by atoms with Crippen molar-refractivity contribution in [3.63, 3.8) is 0 Å². The van der Waals surface area contributed by atoms with E-state index in [2.05, 4.69) is 17.0 Å². The second kappa shape index (κ2) is 8.54. The number of nitrogens with zero attached hydrogens (tertiary/aromatic N) is 2. The summed E-state index contributed by atoms with van der Waals surface area (Å²) in [6.07, 6.45) is 1.73. The topological polar surface area (TPSA) is 59.4 Å². The average Bonchev–Trinajstić information content (AvgIpc) is 3.01. The number of H-pyrrole nitrogens is 1. The lowest BCUT2D eigenvalue weighted by Crippen LogP contribution is -2.19. The Morgan fingerprint density at radius 1 is 1.07 bits per heavy atom. The van der Waals surface area contributed by atoms with Crippen LogP contribution in [0.25, 0.3) is 5.69 Å². The molecule has 0 atom stereocenters. The van der Waals surface area contributed by atoms with E-state index in [1.165, 1.54) is 0 Å². The molecule has 27 heavy (non-hydrogen) atoms. The summed E-state index contributed by atoms with van der Waals surface area (Å²) in [5.41, 5.74) is 3.81. The van der Waals surface area contributed by atoms with Gasteiger partial charge >= 0.3 is 0 Å². The summed E-state index contributed by atoms with van der Waals surface area (Å²) in [4.78, 5) is 17.7. The minimum absolute atomic E-state index is 0.0724. The molecule has 0 saturated heterocycles. The molecular formula is C22H25N3O2. The molecule has 140 valence electrons. The fourth-order valence-electron chi connectivity index (χ4n) is 3.08. The van der Waals surface area contributed by atoms with Gasteiger partial charge < -0.3 is 4.74 Å². The molecule has 0 unspecified atom stereocenters. The molecule has 0 aliphatic carbocycles. The van der Waals surface area contributed by atoms with E-state index in [1.807, 2.05) is 68.4 Å². The fourth-order valence-corrected chi connectivity index (χ4v) is 3.08. The summed E-state index contributed by atoms with van der Waals surface area (Å²) in [5.74, 6) is 0.814. The van der Waals surface area contributed by atoms with Crippen molar-refractivity contribution in [2.45, 2.75) is 33.6 Å². The van der Waals surface area contributed by atoms with Gasteiger partial charge in [-0.15, -0.1) is 0 Å². The molecule has 0 aliphatic rings. The lowest BCUT2D eigenvalue weighted by molar-refractivity contribution is 0.340. The van der Waals surface area contributed by atoms with Gasteiger partial charge in [0, 0.05) is 5.69 Å². The molecule has 0 fully saturated rings. The fraction of sp³-hybridized carbons (Fsp3) is 0.273. The van der Waals surface area contributed by atoms with Crippen LogP contribution < -0.4 is 10.3 Å². The third-order valence-corrected chi connectivity index (χ3v) is 4.29. The number of aryl methyl sites for hydroxylation is 1. The molecular weight excluding hydrogens is 338 g/mol. The molecule has 1 aromatic heterocycles. The number of rotatable bonds is 7. The quantitative estimate of drug-likeness (QED) is 0.621. The van der Waals surface area contributed by atoms with E-state index < -0.39 is 0 Å². The number of benzene rings is 2. The SMILES string of the molecule is CCCc1[nH]n(-c2ccccc2)c(=O)c1C(C)=Nc1ccc(OCC)cc1. The van der Waals surface area contributed by atoms with E-state index in [1.54, 1.807) is 4.68 Å². The van der Waals surface area contributed by atoms with Crippen molar-refractivity contribution in [3.05, 3.63) is 76.2 Å². The number of aromatic amines is 1. The van der Waals surface area contributed by atoms with Crippen molar-refractivity contribution >= 4 is 11.4 Å². The number of hydrogen-bond acceptors (Lipinski definition) is 3. The summed E-state index contributed by atoms with van der Waals surface area (Å²) in [7, 11) is 0. The summed E-state index contributed by atoms with van der Waals surface area (Å²) in [5, 5.41) is 3.26. The molecule has 0 saturated carbocycles. The number of hydrogen-bond donors (Lipinski definition) is 1. The maximum Gasteiger partial charge on any atom is 0.280 e. The van der Waals surface area contributed by atoms with Crippen molar-refractivity contribution in [3.8, 4) is 11.4 Å². The molecule has 3 aromatic rings. The smallest absolute Gasteiger partial charge is 0.280 e. The van der Waals surface area contributed by atoms with Gasteiger partial charge in [-0.25, -0.2) is 4.68 Å². The zero-order valence-corrected chi connectivity index (χ0v) is 16.0. The first kappa shape index (κ1) is 18.7. The van der Waals surface area contributed by atoms with Gasteiger partial charge in [-0.3, -0.25) is 14.9 Å². The van der Waals surface area contributed by atoms with Crippen molar-refractivity contribution < 1.29 is 4.74 Å². The average molecular weight is 363 g/mol. The Labute approximate surface area is 159 Å². The second-order valence-corrected chi connectivity index (χ2v) is 6.32. The van der Waals surface area contributed by atoms with Gasteiger partial charge in [-0.1, -0.05) is 31.5 Å². The van der Waals surface area contributed by atoms with Crippen LogP contribution in [0.2, 0.25) is 0 Å². The maximum atomic E-state index is 13.1. The predicted molar refractivity (Wildman–Crippen MR) is 110 cm³/mol. The first-order valence-electron chi connectivity index (χ1n) is 9.31. The largest absolute Gasteiger partial charge is 0.494 e. The monoisotopic (exact) mass is 363 g/mol. The highest BCUT2D eigenvalue weighted by Gasteiger charge is 2.17. The third-order valence-electron chi connectivity index (χ3n) is 4.29. The van der Waals surface area contributed by atoms with Crippen LogP contribution in [0.4, 0.5) is 5.69 Å². The van der Waals surface area contributed by atoms with Gasteiger partial charge in [-0.05, 0) is 56.7 Å². The maximum absolute atomic E-state index is 13.1. The molecule has 5 nitrogen and oxygen atoms in total. The molecule has 1 N–H and O–H groups in total. The number of para-hydroxylation sites is 1. The standard InChI is InChI=1S/C22H25N3O2/c1-4-9-20-21(22(26)25(24-20)18-10-7-6-8-11-18)16(3)23-17-12-14-19(15-13-17)27-5-2/h6-8,10-15,24H,4-5,9H2,1-3H3. The first-order valence-corrected chi connectivity index (χ1v) is 9.31. The van der Waals surface area contributed by atoms with Crippen LogP contribution in [-0.4, -0.2) is 22.1 Å². The second-order valence-electron chi connectivity index (χ2n) is 6.32. The summed E-state index contributed by atoms with van der Waals surface area (Å²) in [6, 6.07) is 17.2. The Morgan fingerprint density at radius 2 is 1.78 bits per heavy atom. The number of nitrogens with one attached hydrogen (secondary N) is 1. The Bertz CT molecular complexity index is 967. The van der Waals surface area contributed by atoms with Gasteiger partial charge in [0.2, 0.25) is 0 Å². The van der Waals surface area contributed by atoms with Crippen LogP contribution in [0, 0.1) is 0 Å². The number of aromatic nitrogens is 2. The summed E-state index contributed by atoms with van der Waals surface area (Å²) in [6.45, 7) is 6.57. The van der Waals surface area contributed by atoms with Crippen LogP contribution in [0.15, 0.2) is 64.4 Å². The third kappa shape index (κ3) is 4.19. The lowest BCUT2D eigenvalue weighted by atomic mass is 10.1. The number of aliphatic imine (C=N–C) groups is 1. The molecule has 0 bridgehead atoms. The Kier molecular flexibility index (Phi) is 5.91. The van der Waals surface area contributed by atoms with E-state index >= 15 is 0 Å². The molecule has 0 amide bonds. The Morgan fingerprint density at radius 3 is 2.41 bits per heavy atom. The zero-order chi connectivity index (χ0) is 19.2. The molecule has 5 heteroatoms. The molecule has 2 aromatic carbocycles. The molecule has 3 rings (SSSR count). The van der Waals surface area contributed by atoms with Crippen LogP contribution in [0.3, 0.4) is 0 Å². The van der Waals surface area contributed by atoms with Gasteiger partial charge in [0.25, 0.3) is 5.56 Å². The normalized spacial score (nSPS) is 11.6. The minimum atomic E-state index is -0.0724. The highest BCUT2D eigenvalue weighted by Crippen LogP contribution is 2.20. The van der Waals surface area contributed by atoms with E-state index in [-0.39, 0.29) is 5.56 Å². The highest BCUT2D eigenvalue weighted by atomic mass is 16.5. The van der Waals surface area contributed by atoms with Crippen LogP contribution in [0.5, 0.6) is 5.75 Å². The van der Waals surface area contributed by atoms with Crippen molar-refractivity contribution in [2.24, 2.45) is 4.99 Å². The van der Waals surface area contributed by atoms with E-state index in [4.69, 9.17) is 4.74 Å². The summed E-state index contributed by atoms with van der Waals surface area (Å²) < 4.78 is 7.06. The molecule has 0 radical (unpaired) electrons. The number of ether oxygens (including phenoxy) is 1. The van der Waals surface area contributed by atoms with E-state index in [0.29, 0.717) is 17.9 Å². The van der Waals surface area contributed by atoms with Crippen LogP contribution in [0.1, 0.15) is 38.4 Å². The van der Waals surface area contributed by atoms with Crippen molar-refractivity contribution in [1.29, 1.82) is 0 Å². The van der Waals surface area contributed by atoms with Crippen LogP contribution >= 0.6 is 0 Å². The highest BCUT2D eigenvalue weighted by molar-refractivity contribution is 6.01. The first-order chi connectivity index (χ1) is 13.1. The minimum Gasteiger partial charge on any atom is -0.494 e. The van der Waals surface area contributed by atoms with Gasteiger partial charge in [0.05, 0.1) is 29.3 Å². The molecule has 0 aliphatic heterocycles. The summed E-state index contributed by atoms with van der Waals surface area (Å²) >= 11 is 0. The molecule has 0 spiro atoms. The lowest BCUT2D eigenvalue weighted by Gasteiger charge is -2.04. The van der Waals surface area contributed by atoms with Crippen LogP contribution in [-0.2, 0) is 6.42 Å². The Balaban J connectivity index is 2.01. The van der Waals surface area contributed by atoms with E-state index in [9.17, 15) is 4.79 Å². The zero-order valence-electron chi connectivity index (χ0n) is 16.0. The van der Waals surface area contributed by atoms with Gasteiger partial charge in [0.15, 0.2) is 0 Å². The molecule has 1 heterocycles.